The molecule has 31 heavy (non-hydrogen) atoms. The van der Waals surface area contributed by atoms with Gasteiger partial charge in [0, 0.05) is 36.1 Å². The van der Waals surface area contributed by atoms with E-state index in [-0.39, 0.29) is 5.78 Å². The van der Waals surface area contributed by atoms with E-state index in [1.54, 1.807) is 29.0 Å². The van der Waals surface area contributed by atoms with Crippen molar-refractivity contribution in [1.82, 2.24) is 19.6 Å². The molecule has 6 nitrogen and oxygen atoms in total. The van der Waals surface area contributed by atoms with Crippen LogP contribution in [0.1, 0.15) is 21.5 Å². The molecule has 0 atom stereocenters. The summed E-state index contributed by atoms with van der Waals surface area (Å²) in [6, 6.07) is 24.9. The molecule has 0 radical (unpaired) electrons. The van der Waals surface area contributed by atoms with E-state index in [2.05, 4.69) is 15.4 Å². The van der Waals surface area contributed by atoms with Crippen molar-refractivity contribution in [2.24, 2.45) is 0 Å². The number of carbonyl (C=O) groups is 1. The Bertz CT molecular complexity index is 1330. The number of nitrogens with zero attached hydrogens (tertiary/aromatic N) is 4. The number of rotatable bonds is 6. The maximum Gasteiger partial charge on any atom is 0.198 e. The summed E-state index contributed by atoms with van der Waals surface area (Å²) in [5.74, 6) is 0.645. The van der Waals surface area contributed by atoms with Crippen LogP contribution in [0.3, 0.4) is 0 Å². The van der Waals surface area contributed by atoms with Gasteiger partial charge in [0.25, 0.3) is 0 Å². The van der Waals surface area contributed by atoms with E-state index in [9.17, 15) is 4.79 Å². The molecule has 3 heterocycles. The average Bonchev–Trinajstić information content (AvgIpc) is 3.28. The lowest BCUT2D eigenvalue weighted by atomic mass is 10.1. The number of aromatic nitrogens is 4. The summed E-state index contributed by atoms with van der Waals surface area (Å²) in [4.78, 5) is 22.1. The molecule has 3 aromatic heterocycles. The van der Waals surface area contributed by atoms with E-state index >= 15 is 0 Å². The molecule has 0 saturated heterocycles. The Hall–Kier alpha value is -4.32. The number of fused-ring (bicyclic) bond motifs is 1. The van der Waals surface area contributed by atoms with Crippen molar-refractivity contribution >= 4 is 17.2 Å². The molecule has 0 saturated carbocycles. The fourth-order valence-corrected chi connectivity index (χ4v) is 3.45. The third kappa shape index (κ3) is 3.79. The van der Waals surface area contributed by atoms with Crippen LogP contribution in [0.15, 0.2) is 97.5 Å². The summed E-state index contributed by atoms with van der Waals surface area (Å²) in [6.07, 6.45) is 5.15. The van der Waals surface area contributed by atoms with Crippen LogP contribution in [0.4, 0.5) is 5.82 Å². The molecule has 0 aliphatic carbocycles. The largest absolute Gasteiger partial charge is 0.366 e. The van der Waals surface area contributed by atoms with Crippen LogP contribution < -0.4 is 5.32 Å². The van der Waals surface area contributed by atoms with Crippen molar-refractivity contribution in [2.75, 3.05) is 5.32 Å². The van der Waals surface area contributed by atoms with Gasteiger partial charge < -0.3 is 5.32 Å². The highest BCUT2D eigenvalue weighted by Gasteiger charge is 2.19. The standard InChI is InChI=1S/C25H19N5O/c31-24(20-11-5-2-6-12-20)21-17-28-30-23(27-16-18-8-7-13-26-15-18)14-22(29-25(21)30)19-9-3-1-4-10-19/h1-15,17,27H,16H2. The molecule has 0 fully saturated rings. The fourth-order valence-electron chi connectivity index (χ4n) is 3.45. The van der Waals surface area contributed by atoms with Gasteiger partial charge in [-0.1, -0.05) is 66.7 Å². The molecule has 0 bridgehead atoms. The summed E-state index contributed by atoms with van der Waals surface area (Å²) in [6.45, 7) is 0.572. The third-order valence-electron chi connectivity index (χ3n) is 5.02. The van der Waals surface area contributed by atoms with Crippen molar-refractivity contribution in [2.45, 2.75) is 6.54 Å². The van der Waals surface area contributed by atoms with Gasteiger partial charge in [-0.05, 0) is 11.6 Å². The molecule has 6 heteroatoms. The monoisotopic (exact) mass is 405 g/mol. The normalized spacial score (nSPS) is 10.8. The van der Waals surface area contributed by atoms with Crippen LogP contribution in [0, 0.1) is 0 Å². The Labute approximate surface area is 179 Å². The van der Waals surface area contributed by atoms with Gasteiger partial charge in [0.15, 0.2) is 11.4 Å². The third-order valence-corrected chi connectivity index (χ3v) is 5.02. The van der Waals surface area contributed by atoms with E-state index in [0.29, 0.717) is 23.3 Å². The second-order valence-electron chi connectivity index (χ2n) is 7.10. The molecule has 5 aromatic rings. The Morgan fingerprint density at radius 2 is 1.68 bits per heavy atom. The predicted molar refractivity (Wildman–Crippen MR) is 120 cm³/mol. The van der Waals surface area contributed by atoms with E-state index < -0.39 is 0 Å². The smallest absolute Gasteiger partial charge is 0.198 e. The van der Waals surface area contributed by atoms with Crippen molar-refractivity contribution in [3.8, 4) is 11.3 Å². The molecule has 150 valence electrons. The second kappa shape index (κ2) is 8.20. The van der Waals surface area contributed by atoms with Gasteiger partial charge in [0.1, 0.15) is 5.82 Å². The molecular formula is C25H19N5O. The summed E-state index contributed by atoms with van der Waals surface area (Å²) in [7, 11) is 0. The molecular weight excluding hydrogens is 386 g/mol. The highest BCUT2D eigenvalue weighted by Crippen LogP contribution is 2.25. The summed E-state index contributed by atoms with van der Waals surface area (Å²) in [5.41, 5.74) is 4.37. The molecule has 5 rings (SSSR count). The maximum atomic E-state index is 13.1. The SMILES string of the molecule is O=C(c1ccccc1)c1cnn2c(NCc3cccnc3)cc(-c3ccccc3)nc12. The van der Waals surface area contributed by atoms with Crippen LogP contribution in [-0.4, -0.2) is 25.4 Å². The number of benzene rings is 2. The Kier molecular flexibility index (Phi) is 4.94. The van der Waals surface area contributed by atoms with Gasteiger partial charge in [0.05, 0.1) is 17.5 Å². The summed E-state index contributed by atoms with van der Waals surface area (Å²) in [5, 5.41) is 7.88. The lowest BCUT2D eigenvalue weighted by molar-refractivity contribution is 0.104. The molecule has 1 N–H and O–H groups in total. The number of carbonyl (C=O) groups excluding carboxylic acids is 1. The number of hydrogen-bond acceptors (Lipinski definition) is 5. The fraction of sp³-hybridized carbons (Fsp3) is 0.0400. The van der Waals surface area contributed by atoms with E-state index in [4.69, 9.17) is 4.98 Å². The van der Waals surface area contributed by atoms with Gasteiger partial charge in [-0.15, -0.1) is 0 Å². The molecule has 0 aliphatic heterocycles. The van der Waals surface area contributed by atoms with Crippen molar-refractivity contribution in [1.29, 1.82) is 0 Å². The zero-order valence-electron chi connectivity index (χ0n) is 16.6. The molecule has 0 amide bonds. The van der Waals surface area contributed by atoms with E-state index in [1.165, 1.54) is 0 Å². The minimum absolute atomic E-state index is 0.105. The van der Waals surface area contributed by atoms with Crippen LogP contribution in [0.5, 0.6) is 0 Å². The molecule has 0 aliphatic rings. The second-order valence-corrected chi connectivity index (χ2v) is 7.10. The lowest BCUT2D eigenvalue weighted by Gasteiger charge is -2.11. The molecule has 0 spiro atoms. The van der Waals surface area contributed by atoms with Gasteiger partial charge in [-0.2, -0.15) is 9.61 Å². The number of hydrogen-bond donors (Lipinski definition) is 1. The first kappa shape index (κ1) is 18.7. The van der Waals surface area contributed by atoms with Crippen molar-refractivity contribution in [3.05, 3.63) is 114 Å². The Balaban J connectivity index is 1.61. The maximum absolute atomic E-state index is 13.1. The quantitative estimate of drug-likeness (QED) is 0.417. The number of ketones is 1. The first-order valence-electron chi connectivity index (χ1n) is 9.96. The minimum atomic E-state index is -0.105. The van der Waals surface area contributed by atoms with Gasteiger partial charge in [-0.3, -0.25) is 9.78 Å². The highest BCUT2D eigenvalue weighted by molar-refractivity contribution is 6.12. The van der Waals surface area contributed by atoms with Gasteiger partial charge in [-0.25, -0.2) is 4.98 Å². The van der Waals surface area contributed by atoms with E-state index in [1.807, 2.05) is 72.9 Å². The van der Waals surface area contributed by atoms with Crippen LogP contribution in [-0.2, 0) is 6.54 Å². The lowest BCUT2D eigenvalue weighted by Crippen LogP contribution is -2.08. The van der Waals surface area contributed by atoms with Crippen molar-refractivity contribution in [3.63, 3.8) is 0 Å². The Morgan fingerprint density at radius 1 is 0.903 bits per heavy atom. The first-order valence-corrected chi connectivity index (χ1v) is 9.96. The summed E-state index contributed by atoms with van der Waals surface area (Å²) >= 11 is 0. The van der Waals surface area contributed by atoms with Crippen LogP contribution in [0.2, 0.25) is 0 Å². The van der Waals surface area contributed by atoms with E-state index in [0.717, 1.165) is 22.6 Å². The molecule has 0 unspecified atom stereocenters. The van der Waals surface area contributed by atoms with Gasteiger partial charge in [0.2, 0.25) is 0 Å². The molecule has 2 aromatic carbocycles. The minimum Gasteiger partial charge on any atom is -0.366 e. The van der Waals surface area contributed by atoms with Crippen molar-refractivity contribution < 1.29 is 4.79 Å². The zero-order valence-corrected chi connectivity index (χ0v) is 16.6. The van der Waals surface area contributed by atoms with Gasteiger partial charge >= 0.3 is 0 Å². The average molecular weight is 405 g/mol. The number of anilines is 1. The topological polar surface area (TPSA) is 72.2 Å². The zero-order chi connectivity index (χ0) is 21.0. The first-order chi connectivity index (χ1) is 15.3. The van der Waals surface area contributed by atoms with Crippen LogP contribution in [0.25, 0.3) is 16.9 Å². The highest BCUT2D eigenvalue weighted by atomic mass is 16.1. The number of pyridine rings is 1. The summed E-state index contributed by atoms with van der Waals surface area (Å²) < 4.78 is 1.68. The van der Waals surface area contributed by atoms with Crippen LogP contribution >= 0.6 is 0 Å². The number of nitrogens with one attached hydrogen (secondary N) is 1. The Morgan fingerprint density at radius 3 is 2.42 bits per heavy atom. The predicted octanol–water partition coefficient (Wildman–Crippen LogP) is 4.63.